The highest BCUT2D eigenvalue weighted by molar-refractivity contribution is 7.09. The fourth-order valence-electron chi connectivity index (χ4n) is 2.99. The van der Waals surface area contributed by atoms with Crippen molar-refractivity contribution in [2.24, 2.45) is 5.92 Å². The molecule has 1 N–H and O–H groups in total. The zero-order valence-electron chi connectivity index (χ0n) is 14.0. The summed E-state index contributed by atoms with van der Waals surface area (Å²) in [5.74, 6) is 1.07. The molecule has 1 saturated heterocycles. The molecule has 1 aliphatic heterocycles. The van der Waals surface area contributed by atoms with E-state index in [4.69, 9.17) is 0 Å². The molecule has 0 bridgehead atoms. The first-order chi connectivity index (χ1) is 10.6. The van der Waals surface area contributed by atoms with Crippen LogP contribution in [0, 0.1) is 5.92 Å². The molecule has 0 aromatic carbocycles. The summed E-state index contributed by atoms with van der Waals surface area (Å²) >= 11 is 1.81. The lowest BCUT2D eigenvalue weighted by atomic mass is 9.98. The van der Waals surface area contributed by atoms with Gasteiger partial charge in [-0.3, -0.25) is 9.69 Å². The smallest absolute Gasteiger partial charge is 0.220 e. The Hall–Kier alpha value is -0.870. The minimum Gasteiger partial charge on any atom is -0.355 e. The van der Waals surface area contributed by atoms with Gasteiger partial charge in [0.2, 0.25) is 5.91 Å². The van der Waals surface area contributed by atoms with Gasteiger partial charge >= 0.3 is 0 Å². The molecule has 1 aliphatic rings. The Bertz CT molecular complexity index is 424. The van der Waals surface area contributed by atoms with Crippen molar-refractivity contribution in [3.05, 3.63) is 22.4 Å². The molecule has 1 aromatic heterocycles. The Kier molecular flexibility index (Phi) is 7.40. The van der Waals surface area contributed by atoms with Crippen molar-refractivity contribution in [3.8, 4) is 0 Å². The Morgan fingerprint density at radius 1 is 1.41 bits per heavy atom. The molecule has 124 valence electrons. The number of carbonyl (C=O) groups excluding carboxylic acids is 1. The maximum Gasteiger partial charge on any atom is 0.220 e. The molecular weight excluding hydrogens is 292 g/mol. The van der Waals surface area contributed by atoms with Crippen LogP contribution in [0.15, 0.2) is 17.5 Å². The number of hydrogen-bond acceptors (Lipinski definition) is 3. The van der Waals surface area contributed by atoms with Crippen molar-refractivity contribution in [3.63, 3.8) is 0 Å². The molecule has 2 heterocycles. The van der Waals surface area contributed by atoms with E-state index in [1.54, 1.807) is 11.3 Å². The van der Waals surface area contributed by atoms with Gasteiger partial charge in [0.1, 0.15) is 0 Å². The maximum atomic E-state index is 11.9. The van der Waals surface area contributed by atoms with Crippen LogP contribution >= 0.6 is 11.3 Å². The lowest BCUT2D eigenvalue weighted by molar-refractivity contribution is -0.121. The summed E-state index contributed by atoms with van der Waals surface area (Å²) in [7, 11) is 0. The molecule has 4 heteroatoms. The number of likely N-dealkylation sites (tertiary alicyclic amines) is 1. The molecule has 0 spiro atoms. The van der Waals surface area contributed by atoms with E-state index in [0.29, 0.717) is 12.5 Å². The van der Waals surface area contributed by atoms with Crippen molar-refractivity contribution in [2.45, 2.75) is 58.4 Å². The SMILES string of the molecule is CC1CCN(C(C)CNC(=O)CCCCc2cccs2)CC1. The van der Waals surface area contributed by atoms with Gasteiger partial charge in [-0.25, -0.2) is 0 Å². The molecule has 1 amide bonds. The number of nitrogens with one attached hydrogen (secondary N) is 1. The second-order valence-electron chi connectivity index (χ2n) is 6.66. The van der Waals surface area contributed by atoms with E-state index in [1.165, 1.54) is 30.8 Å². The summed E-state index contributed by atoms with van der Waals surface area (Å²) in [5, 5.41) is 5.22. The van der Waals surface area contributed by atoms with Gasteiger partial charge in [0.25, 0.3) is 0 Å². The molecule has 22 heavy (non-hydrogen) atoms. The summed E-state index contributed by atoms with van der Waals surface area (Å²) in [5.41, 5.74) is 0. The predicted molar refractivity (Wildman–Crippen MR) is 94.3 cm³/mol. The second-order valence-corrected chi connectivity index (χ2v) is 7.69. The van der Waals surface area contributed by atoms with Crippen LogP contribution < -0.4 is 5.32 Å². The van der Waals surface area contributed by atoms with Crippen molar-refractivity contribution < 1.29 is 4.79 Å². The van der Waals surface area contributed by atoms with Crippen LogP contribution in [0.1, 0.15) is 50.8 Å². The minimum absolute atomic E-state index is 0.211. The molecule has 0 aliphatic carbocycles. The third kappa shape index (κ3) is 6.09. The van der Waals surface area contributed by atoms with Crippen LogP contribution in [0.3, 0.4) is 0 Å². The highest BCUT2D eigenvalue weighted by Gasteiger charge is 2.20. The molecule has 1 fully saturated rings. The average Bonchev–Trinajstić information content (AvgIpc) is 3.03. The van der Waals surface area contributed by atoms with Gasteiger partial charge in [-0.2, -0.15) is 0 Å². The summed E-state index contributed by atoms with van der Waals surface area (Å²) in [6.07, 6.45) is 6.44. The van der Waals surface area contributed by atoms with E-state index in [1.807, 2.05) is 0 Å². The van der Waals surface area contributed by atoms with Crippen LogP contribution in [-0.2, 0) is 11.2 Å². The van der Waals surface area contributed by atoms with E-state index in [9.17, 15) is 4.79 Å². The fourth-order valence-corrected chi connectivity index (χ4v) is 3.74. The van der Waals surface area contributed by atoms with E-state index in [0.717, 1.165) is 31.7 Å². The maximum absolute atomic E-state index is 11.9. The second kappa shape index (κ2) is 9.31. The van der Waals surface area contributed by atoms with E-state index >= 15 is 0 Å². The highest BCUT2D eigenvalue weighted by atomic mass is 32.1. The van der Waals surface area contributed by atoms with Crippen molar-refractivity contribution in [1.29, 1.82) is 0 Å². The predicted octanol–water partition coefficient (Wildman–Crippen LogP) is 3.70. The standard InChI is InChI=1S/C18H30N2OS/c1-15-9-11-20(12-10-15)16(2)14-19-18(21)8-4-3-6-17-7-5-13-22-17/h5,7,13,15-16H,3-4,6,8-12,14H2,1-2H3,(H,19,21). The summed E-state index contributed by atoms with van der Waals surface area (Å²) in [4.78, 5) is 15.9. The quantitative estimate of drug-likeness (QED) is 0.740. The number of carbonyl (C=O) groups is 1. The van der Waals surface area contributed by atoms with E-state index in [2.05, 4.69) is 41.6 Å². The lowest BCUT2D eigenvalue weighted by Crippen LogP contribution is -2.45. The van der Waals surface area contributed by atoms with Crippen LogP contribution in [0.25, 0.3) is 0 Å². The molecule has 0 saturated carbocycles. The monoisotopic (exact) mass is 322 g/mol. The van der Waals surface area contributed by atoms with Crippen LogP contribution in [-0.4, -0.2) is 36.5 Å². The number of amides is 1. The van der Waals surface area contributed by atoms with Crippen LogP contribution in [0.2, 0.25) is 0 Å². The van der Waals surface area contributed by atoms with Crippen LogP contribution in [0.4, 0.5) is 0 Å². The number of piperidine rings is 1. The summed E-state index contributed by atoms with van der Waals surface area (Å²) < 4.78 is 0. The van der Waals surface area contributed by atoms with E-state index < -0.39 is 0 Å². The first-order valence-electron chi connectivity index (χ1n) is 8.68. The fraction of sp³-hybridized carbons (Fsp3) is 0.722. The number of nitrogens with zero attached hydrogens (tertiary/aromatic N) is 1. The third-order valence-electron chi connectivity index (χ3n) is 4.69. The molecule has 1 aromatic rings. The van der Waals surface area contributed by atoms with Gasteiger partial charge in [-0.15, -0.1) is 11.3 Å². The van der Waals surface area contributed by atoms with Gasteiger partial charge in [0.05, 0.1) is 0 Å². The van der Waals surface area contributed by atoms with Crippen LogP contribution in [0.5, 0.6) is 0 Å². The normalized spacial score (nSPS) is 18.3. The Morgan fingerprint density at radius 3 is 2.86 bits per heavy atom. The Labute approximate surface area is 139 Å². The average molecular weight is 323 g/mol. The van der Waals surface area contributed by atoms with Gasteiger partial charge in [0.15, 0.2) is 0 Å². The molecule has 0 radical (unpaired) electrons. The number of thiophene rings is 1. The lowest BCUT2D eigenvalue weighted by Gasteiger charge is -2.35. The number of rotatable bonds is 8. The van der Waals surface area contributed by atoms with Gasteiger partial charge < -0.3 is 5.32 Å². The van der Waals surface area contributed by atoms with E-state index in [-0.39, 0.29) is 5.91 Å². The first kappa shape index (κ1) is 17.5. The third-order valence-corrected chi connectivity index (χ3v) is 5.63. The Balaban J connectivity index is 1.53. The van der Waals surface area contributed by atoms with Crippen molar-refractivity contribution >= 4 is 17.2 Å². The number of aryl methyl sites for hydroxylation is 1. The van der Waals surface area contributed by atoms with Gasteiger partial charge in [0, 0.05) is 23.9 Å². The molecule has 1 unspecified atom stereocenters. The highest BCUT2D eigenvalue weighted by Crippen LogP contribution is 2.17. The van der Waals surface area contributed by atoms with Gasteiger partial charge in [-0.05, 0) is 69.5 Å². The van der Waals surface area contributed by atoms with Gasteiger partial charge in [-0.1, -0.05) is 13.0 Å². The number of hydrogen-bond donors (Lipinski definition) is 1. The van der Waals surface area contributed by atoms with Crippen molar-refractivity contribution in [1.82, 2.24) is 10.2 Å². The minimum atomic E-state index is 0.211. The zero-order chi connectivity index (χ0) is 15.8. The molecule has 3 nitrogen and oxygen atoms in total. The Morgan fingerprint density at radius 2 is 2.18 bits per heavy atom. The number of unbranched alkanes of at least 4 members (excludes halogenated alkanes) is 1. The zero-order valence-corrected chi connectivity index (χ0v) is 14.8. The largest absolute Gasteiger partial charge is 0.355 e. The summed E-state index contributed by atoms with van der Waals surface area (Å²) in [6.45, 7) is 7.71. The first-order valence-corrected chi connectivity index (χ1v) is 9.56. The topological polar surface area (TPSA) is 32.3 Å². The molecular formula is C18H30N2OS. The molecule has 2 rings (SSSR count). The van der Waals surface area contributed by atoms with Crippen molar-refractivity contribution in [2.75, 3.05) is 19.6 Å². The summed E-state index contributed by atoms with van der Waals surface area (Å²) in [6, 6.07) is 4.73. The molecule has 1 atom stereocenters.